The maximum absolute atomic E-state index is 11.1. The van der Waals surface area contributed by atoms with Crippen molar-refractivity contribution >= 4 is 5.97 Å². The lowest BCUT2D eigenvalue weighted by Gasteiger charge is -2.19. The summed E-state index contributed by atoms with van der Waals surface area (Å²) < 4.78 is 10.4. The van der Waals surface area contributed by atoms with Gasteiger partial charge in [-0.05, 0) is 18.7 Å². The van der Waals surface area contributed by atoms with Gasteiger partial charge in [0.1, 0.15) is 11.9 Å². The van der Waals surface area contributed by atoms with Crippen LogP contribution in [0.5, 0.6) is 5.75 Å². The van der Waals surface area contributed by atoms with Crippen LogP contribution in [-0.4, -0.2) is 44.2 Å². The number of hydrogen-bond donors (Lipinski definition) is 0. The van der Waals surface area contributed by atoms with Gasteiger partial charge in [-0.1, -0.05) is 18.2 Å². The topological polar surface area (TPSA) is 38.8 Å². The standard InChI is InChI=1S/C13H17NO3/c1-14(9-13(15)16-2)8-11-7-10-5-3-4-6-12(10)17-11/h3-6,11H,7-9H2,1-2H3. The van der Waals surface area contributed by atoms with Gasteiger partial charge in [0.2, 0.25) is 0 Å². The number of methoxy groups -OCH3 is 1. The van der Waals surface area contributed by atoms with Crippen molar-refractivity contribution in [2.45, 2.75) is 12.5 Å². The van der Waals surface area contributed by atoms with E-state index in [-0.39, 0.29) is 12.1 Å². The highest BCUT2D eigenvalue weighted by Crippen LogP contribution is 2.28. The van der Waals surface area contributed by atoms with Gasteiger partial charge in [-0.15, -0.1) is 0 Å². The summed E-state index contributed by atoms with van der Waals surface area (Å²) in [7, 11) is 3.29. The zero-order valence-electron chi connectivity index (χ0n) is 10.2. The number of para-hydroxylation sites is 1. The summed E-state index contributed by atoms with van der Waals surface area (Å²) in [6, 6.07) is 8.05. The number of esters is 1. The first-order valence-corrected chi connectivity index (χ1v) is 5.69. The lowest BCUT2D eigenvalue weighted by Crippen LogP contribution is -2.35. The Morgan fingerprint density at radius 1 is 1.53 bits per heavy atom. The molecule has 2 rings (SSSR count). The Hall–Kier alpha value is -1.55. The van der Waals surface area contributed by atoms with Crippen LogP contribution in [-0.2, 0) is 16.0 Å². The molecule has 0 saturated heterocycles. The monoisotopic (exact) mass is 235 g/mol. The van der Waals surface area contributed by atoms with E-state index in [2.05, 4.69) is 10.8 Å². The van der Waals surface area contributed by atoms with Crippen LogP contribution >= 0.6 is 0 Å². The van der Waals surface area contributed by atoms with Crippen molar-refractivity contribution in [3.63, 3.8) is 0 Å². The van der Waals surface area contributed by atoms with E-state index in [4.69, 9.17) is 4.74 Å². The molecule has 92 valence electrons. The molecule has 0 radical (unpaired) electrons. The molecule has 0 fully saturated rings. The van der Waals surface area contributed by atoms with Gasteiger partial charge in [0.15, 0.2) is 0 Å². The molecule has 1 aromatic carbocycles. The molecule has 17 heavy (non-hydrogen) atoms. The van der Waals surface area contributed by atoms with Gasteiger partial charge in [0, 0.05) is 13.0 Å². The molecule has 0 amide bonds. The average Bonchev–Trinajstić information content (AvgIpc) is 2.70. The first kappa shape index (κ1) is 11.9. The van der Waals surface area contributed by atoms with Crippen LogP contribution in [0.3, 0.4) is 0 Å². The molecule has 1 aliphatic heterocycles. The second-order valence-electron chi connectivity index (χ2n) is 4.32. The Kier molecular flexibility index (Phi) is 3.64. The highest BCUT2D eigenvalue weighted by Gasteiger charge is 2.23. The van der Waals surface area contributed by atoms with Crippen molar-refractivity contribution in [3.8, 4) is 5.75 Å². The number of likely N-dealkylation sites (N-methyl/N-ethyl adjacent to an activating group) is 1. The van der Waals surface area contributed by atoms with Crippen molar-refractivity contribution in [2.24, 2.45) is 0 Å². The van der Waals surface area contributed by atoms with E-state index in [1.165, 1.54) is 12.7 Å². The summed E-state index contributed by atoms with van der Waals surface area (Å²) in [4.78, 5) is 13.0. The second kappa shape index (κ2) is 5.19. The molecule has 1 unspecified atom stereocenters. The number of ether oxygens (including phenoxy) is 2. The summed E-state index contributed by atoms with van der Waals surface area (Å²) >= 11 is 0. The van der Waals surface area contributed by atoms with Gasteiger partial charge in [-0.25, -0.2) is 0 Å². The molecular weight excluding hydrogens is 218 g/mol. The third-order valence-electron chi connectivity index (χ3n) is 2.86. The summed E-state index contributed by atoms with van der Waals surface area (Å²) in [5, 5.41) is 0. The maximum atomic E-state index is 11.1. The Labute approximate surface area is 101 Å². The normalized spacial score (nSPS) is 17.7. The van der Waals surface area contributed by atoms with Crippen molar-refractivity contribution in [1.29, 1.82) is 0 Å². The van der Waals surface area contributed by atoms with Crippen LogP contribution in [0.2, 0.25) is 0 Å². The number of carbonyl (C=O) groups is 1. The SMILES string of the molecule is COC(=O)CN(C)CC1Cc2ccccc2O1. The average molecular weight is 235 g/mol. The van der Waals surface area contributed by atoms with Crippen molar-refractivity contribution in [3.05, 3.63) is 29.8 Å². The minimum Gasteiger partial charge on any atom is -0.488 e. The predicted molar refractivity (Wildman–Crippen MR) is 64.1 cm³/mol. The quantitative estimate of drug-likeness (QED) is 0.732. The van der Waals surface area contributed by atoms with Gasteiger partial charge < -0.3 is 9.47 Å². The van der Waals surface area contributed by atoms with E-state index in [0.29, 0.717) is 6.54 Å². The zero-order valence-corrected chi connectivity index (χ0v) is 10.2. The molecular formula is C13H17NO3. The Morgan fingerprint density at radius 2 is 2.29 bits per heavy atom. The number of carbonyl (C=O) groups excluding carboxylic acids is 1. The highest BCUT2D eigenvalue weighted by molar-refractivity contribution is 5.71. The molecule has 1 heterocycles. The first-order valence-electron chi connectivity index (χ1n) is 5.69. The number of nitrogens with zero attached hydrogens (tertiary/aromatic N) is 1. The van der Waals surface area contributed by atoms with Gasteiger partial charge in [-0.2, -0.15) is 0 Å². The lowest BCUT2D eigenvalue weighted by atomic mass is 10.1. The van der Waals surface area contributed by atoms with Crippen LogP contribution in [0.25, 0.3) is 0 Å². The molecule has 0 bridgehead atoms. The number of hydrogen-bond acceptors (Lipinski definition) is 4. The van der Waals surface area contributed by atoms with Gasteiger partial charge in [0.05, 0.1) is 13.7 Å². The number of benzene rings is 1. The number of rotatable bonds is 4. The Bertz CT molecular complexity index is 380. The van der Waals surface area contributed by atoms with Crippen LogP contribution in [0.1, 0.15) is 5.56 Å². The minimum atomic E-state index is -0.219. The second-order valence-corrected chi connectivity index (χ2v) is 4.32. The van der Waals surface area contributed by atoms with E-state index in [9.17, 15) is 4.79 Å². The summed E-state index contributed by atoms with van der Waals surface area (Å²) in [6.45, 7) is 1.02. The van der Waals surface area contributed by atoms with E-state index in [0.717, 1.165) is 18.7 Å². The third-order valence-corrected chi connectivity index (χ3v) is 2.86. The molecule has 1 aromatic rings. The van der Waals surface area contributed by atoms with E-state index in [1.807, 2.05) is 30.1 Å². The largest absolute Gasteiger partial charge is 0.488 e. The molecule has 4 nitrogen and oxygen atoms in total. The Balaban J connectivity index is 1.85. The summed E-state index contributed by atoms with van der Waals surface area (Å²) in [5.74, 6) is 0.743. The highest BCUT2D eigenvalue weighted by atomic mass is 16.5. The zero-order chi connectivity index (χ0) is 12.3. The van der Waals surface area contributed by atoms with E-state index < -0.39 is 0 Å². The molecule has 1 atom stereocenters. The fraction of sp³-hybridized carbons (Fsp3) is 0.462. The molecule has 0 saturated carbocycles. The minimum absolute atomic E-state index is 0.127. The van der Waals surface area contributed by atoms with Crippen LogP contribution in [0.4, 0.5) is 0 Å². The van der Waals surface area contributed by atoms with Gasteiger partial charge in [0.25, 0.3) is 0 Å². The first-order chi connectivity index (χ1) is 8.19. The van der Waals surface area contributed by atoms with E-state index >= 15 is 0 Å². The molecule has 1 aliphatic rings. The summed E-state index contributed by atoms with van der Waals surface area (Å²) in [5.41, 5.74) is 1.24. The lowest BCUT2D eigenvalue weighted by molar-refractivity contribution is -0.141. The fourth-order valence-electron chi connectivity index (χ4n) is 2.05. The smallest absolute Gasteiger partial charge is 0.319 e. The molecule has 4 heteroatoms. The van der Waals surface area contributed by atoms with Crippen LogP contribution in [0.15, 0.2) is 24.3 Å². The van der Waals surface area contributed by atoms with Gasteiger partial charge in [-0.3, -0.25) is 9.69 Å². The third kappa shape index (κ3) is 2.97. The molecule has 0 aliphatic carbocycles. The van der Waals surface area contributed by atoms with Gasteiger partial charge >= 0.3 is 5.97 Å². The molecule has 0 N–H and O–H groups in total. The van der Waals surface area contributed by atoms with Crippen molar-refractivity contribution in [1.82, 2.24) is 4.90 Å². The Morgan fingerprint density at radius 3 is 3.00 bits per heavy atom. The molecule has 0 aromatic heterocycles. The van der Waals surface area contributed by atoms with Crippen LogP contribution < -0.4 is 4.74 Å². The van der Waals surface area contributed by atoms with E-state index in [1.54, 1.807) is 0 Å². The summed E-state index contributed by atoms with van der Waals surface area (Å²) in [6.07, 6.45) is 1.03. The predicted octanol–water partition coefficient (Wildman–Crippen LogP) is 1.09. The number of fused-ring (bicyclic) bond motifs is 1. The molecule has 0 spiro atoms. The maximum Gasteiger partial charge on any atom is 0.319 e. The fourth-order valence-corrected chi connectivity index (χ4v) is 2.05. The van der Waals surface area contributed by atoms with Crippen molar-refractivity contribution in [2.75, 3.05) is 27.2 Å². The van der Waals surface area contributed by atoms with Crippen molar-refractivity contribution < 1.29 is 14.3 Å². The van der Waals surface area contributed by atoms with Crippen LogP contribution in [0, 0.1) is 0 Å².